The fourth-order valence-corrected chi connectivity index (χ4v) is 2.75. The molecule has 0 amide bonds. The summed E-state index contributed by atoms with van der Waals surface area (Å²) in [5, 5.41) is 0.915. The van der Waals surface area contributed by atoms with Crippen LogP contribution >= 0.6 is 23.2 Å². The number of hydrogen-bond donors (Lipinski definition) is 0. The SMILES string of the molecule is COc1cccc(COC(=O)c2ccc(COc3ccc(Cl)cc3Cl)o2)c1. The van der Waals surface area contributed by atoms with E-state index in [0.29, 0.717) is 27.3 Å². The molecule has 1 heterocycles. The molecule has 0 unspecified atom stereocenters. The Balaban J connectivity index is 1.55. The van der Waals surface area contributed by atoms with Gasteiger partial charge in [-0.3, -0.25) is 0 Å². The van der Waals surface area contributed by atoms with Crippen LogP contribution in [-0.2, 0) is 18.0 Å². The van der Waals surface area contributed by atoms with Crippen LogP contribution in [0.1, 0.15) is 21.9 Å². The molecule has 0 fully saturated rings. The molecule has 0 atom stereocenters. The van der Waals surface area contributed by atoms with Crippen LogP contribution in [0, 0.1) is 0 Å². The van der Waals surface area contributed by atoms with Gasteiger partial charge in [-0.25, -0.2) is 4.79 Å². The van der Waals surface area contributed by atoms with E-state index in [1.807, 2.05) is 18.2 Å². The molecule has 1 aromatic heterocycles. The zero-order valence-electron chi connectivity index (χ0n) is 14.4. The molecule has 0 saturated carbocycles. The Morgan fingerprint density at radius 1 is 1.04 bits per heavy atom. The molecular weight excluding hydrogens is 391 g/mol. The average molecular weight is 407 g/mol. The lowest BCUT2D eigenvalue weighted by Gasteiger charge is -2.07. The molecule has 0 aliphatic rings. The summed E-state index contributed by atoms with van der Waals surface area (Å²) in [7, 11) is 1.58. The van der Waals surface area contributed by atoms with E-state index in [4.69, 9.17) is 41.8 Å². The van der Waals surface area contributed by atoms with Crippen LogP contribution in [0.5, 0.6) is 11.5 Å². The molecule has 0 N–H and O–H groups in total. The van der Waals surface area contributed by atoms with Crippen LogP contribution in [0.25, 0.3) is 0 Å². The van der Waals surface area contributed by atoms with E-state index in [1.54, 1.807) is 37.4 Å². The number of halogens is 2. The number of rotatable bonds is 7. The predicted octanol–water partition coefficient (Wildman–Crippen LogP) is 5.53. The zero-order valence-corrected chi connectivity index (χ0v) is 15.9. The number of furan rings is 1. The molecule has 0 bridgehead atoms. The molecule has 0 saturated heterocycles. The Hall–Kier alpha value is -2.63. The number of methoxy groups -OCH3 is 1. The van der Waals surface area contributed by atoms with E-state index in [2.05, 4.69) is 0 Å². The highest BCUT2D eigenvalue weighted by Gasteiger charge is 2.14. The van der Waals surface area contributed by atoms with E-state index in [-0.39, 0.29) is 19.0 Å². The lowest BCUT2D eigenvalue weighted by atomic mass is 10.2. The van der Waals surface area contributed by atoms with Crippen molar-refractivity contribution in [3.05, 3.63) is 81.7 Å². The van der Waals surface area contributed by atoms with Gasteiger partial charge in [-0.05, 0) is 48.0 Å². The van der Waals surface area contributed by atoms with Gasteiger partial charge in [0.25, 0.3) is 0 Å². The summed E-state index contributed by atoms with van der Waals surface area (Å²) in [4.78, 5) is 12.1. The summed E-state index contributed by atoms with van der Waals surface area (Å²) in [5.74, 6) is 1.17. The van der Waals surface area contributed by atoms with E-state index >= 15 is 0 Å². The third-order valence-corrected chi connectivity index (χ3v) is 4.16. The van der Waals surface area contributed by atoms with Crippen LogP contribution < -0.4 is 9.47 Å². The Bertz CT molecular complexity index is 936. The van der Waals surface area contributed by atoms with Crippen molar-refractivity contribution >= 4 is 29.2 Å². The minimum atomic E-state index is -0.561. The van der Waals surface area contributed by atoms with Gasteiger partial charge in [0.15, 0.2) is 0 Å². The first kappa shape index (κ1) is 19.1. The van der Waals surface area contributed by atoms with Gasteiger partial charge in [-0.15, -0.1) is 0 Å². The van der Waals surface area contributed by atoms with Gasteiger partial charge in [0.1, 0.15) is 30.5 Å². The molecule has 2 aromatic carbocycles. The first-order valence-electron chi connectivity index (χ1n) is 8.02. The summed E-state index contributed by atoms with van der Waals surface area (Å²) in [6.45, 7) is 0.230. The molecule has 0 radical (unpaired) electrons. The Kier molecular flexibility index (Phi) is 6.27. The lowest BCUT2D eigenvalue weighted by molar-refractivity contribution is 0.0432. The van der Waals surface area contributed by atoms with Gasteiger partial charge in [0.2, 0.25) is 5.76 Å². The molecule has 5 nitrogen and oxygen atoms in total. The average Bonchev–Trinajstić information content (AvgIpc) is 3.15. The lowest BCUT2D eigenvalue weighted by Crippen LogP contribution is -2.04. The molecule has 7 heteroatoms. The van der Waals surface area contributed by atoms with Crippen molar-refractivity contribution in [3.8, 4) is 11.5 Å². The van der Waals surface area contributed by atoms with Gasteiger partial charge in [0, 0.05) is 5.02 Å². The van der Waals surface area contributed by atoms with Crippen molar-refractivity contribution in [3.63, 3.8) is 0 Å². The summed E-state index contributed by atoms with van der Waals surface area (Å²) in [5.41, 5.74) is 0.815. The number of esters is 1. The third-order valence-electron chi connectivity index (χ3n) is 3.63. The van der Waals surface area contributed by atoms with Crippen LogP contribution in [0.2, 0.25) is 10.0 Å². The van der Waals surface area contributed by atoms with Crippen LogP contribution in [0.15, 0.2) is 59.0 Å². The molecule has 0 spiro atoms. The van der Waals surface area contributed by atoms with Crippen molar-refractivity contribution in [2.75, 3.05) is 7.11 Å². The number of hydrogen-bond acceptors (Lipinski definition) is 5. The summed E-state index contributed by atoms with van der Waals surface area (Å²) >= 11 is 11.9. The van der Waals surface area contributed by atoms with Crippen molar-refractivity contribution in [1.29, 1.82) is 0 Å². The quantitative estimate of drug-likeness (QED) is 0.482. The van der Waals surface area contributed by atoms with Gasteiger partial charge in [-0.2, -0.15) is 0 Å². The van der Waals surface area contributed by atoms with Gasteiger partial charge < -0.3 is 18.6 Å². The normalized spacial score (nSPS) is 10.5. The standard InChI is InChI=1S/C20H16Cl2O5/c1-24-15-4-2-3-13(9-15)11-26-20(23)19-8-6-16(27-19)12-25-18-7-5-14(21)10-17(18)22/h2-10H,11-12H2,1H3. The van der Waals surface area contributed by atoms with E-state index in [0.717, 1.165) is 5.56 Å². The maximum absolute atomic E-state index is 12.1. The molecule has 3 rings (SSSR count). The summed E-state index contributed by atoms with van der Waals surface area (Å²) in [6.07, 6.45) is 0. The third kappa shape index (κ3) is 5.18. The number of carbonyl (C=O) groups excluding carboxylic acids is 1. The van der Waals surface area contributed by atoms with Crippen LogP contribution in [0.4, 0.5) is 0 Å². The van der Waals surface area contributed by atoms with Crippen molar-refractivity contribution < 1.29 is 23.4 Å². The second kappa shape index (κ2) is 8.84. The van der Waals surface area contributed by atoms with Crippen LogP contribution in [-0.4, -0.2) is 13.1 Å². The smallest absolute Gasteiger partial charge is 0.374 e. The van der Waals surface area contributed by atoms with E-state index < -0.39 is 5.97 Å². The van der Waals surface area contributed by atoms with E-state index in [1.165, 1.54) is 6.07 Å². The molecule has 0 aliphatic carbocycles. The Morgan fingerprint density at radius 2 is 1.89 bits per heavy atom. The molecule has 3 aromatic rings. The molecule has 0 aliphatic heterocycles. The Labute approximate surface area is 166 Å². The topological polar surface area (TPSA) is 57.9 Å². The minimum absolute atomic E-state index is 0.0960. The minimum Gasteiger partial charge on any atom is -0.497 e. The van der Waals surface area contributed by atoms with Crippen molar-refractivity contribution in [2.45, 2.75) is 13.2 Å². The first-order valence-corrected chi connectivity index (χ1v) is 8.77. The zero-order chi connectivity index (χ0) is 19.2. The largest absolute Gasteiger partial charge is 0.497 e. The highest BCUT2D eigenvalue weighted by Crippen LogP contribution is 2.28. The maximum atomic E-state index is 12.1. The van der Waals surface area contributed by atoms with Crippen LogP contribution in [0.3, 0.4) is 0 Å². The van der Waals surface area contributed by atoms with Crippen molar-refractivity contribution in [1.82, 2.24) is 0 Å². The van der Waals surface area contributed by atoms with Gasteiger partial charge in [-0.1, -0.05) is 35.3 Å². The van der Waals surface area contributed by atoms with Crippen molar-refractivity contribution in [2.24, 2.45) is 0 Å². The Morgan fingerprint density at radius 3 is 2.67 bits per heavy atom. The van der Waals surface area contributed by atoms with E-state index in [9.17, 15) is 4.79 Å². The molecule has 27 heavy (non-hydrogen) atoms. The monoisotopic (exact) mass is 406 g/mol. The highest BCUT2D eigenvalue weighted by atomic mass is 35.5. The highest BCUT2D eigenvalue weighted by molar-refractivity contribution is 6.35. The predicted molar refractivity (Wildman–Crippen MR) is 102 cm³/mol. The molecular formula is C20H16Cl2O5. The second-order valence-electron chi connectivity index (χ2n) is 5.56. The maximum Gasteiger partial charge on any atom is 0.374 e. The summed E-state index contributed by atoms with van der Waals surface area (Å²) < 4.78 is 21.4. The fourth-order valence-electron chi connectivity index (χ4n) is 2.29. The first-order chi connectivity index (χ1) is 13.0. The number of carbonyl (C=O) groups is 1. The number of benzene rings is 2. The van der Waals surface area contributed by atoms with Gasteiger partial charge in [0.05, 0.1) is 12.1 Å². The molecule has 140 valence electrons. The summed E-state index contributed by atoms with van der Waals surface area (Å²) in [6, 6.07) is 15.4. The second-order valence-corrected chi connectivity index (χ2v) is 6.40. The van der Waals surface area contributed by atoms with Gasteiger partial charge >= 0.3 is 5.97 Å². The number of ether oxygens (including phenoxy) is 3. The fraction of sp³-hybridized carbons (Fsp3) is 0.150.